The molecule has 37 heavy (non-hydrogen) atoms. The minimum Gasteiger partial charge on any atom is -0.496 e. The highest BCUT2D eigenvalue weighted by molar-refractivity contribution is 14.1. The number of aromatic nitrogens is 5. The van der Waals surface area contributed by atoms with Crippen LogP contribution in [0.5, 0.6) is 11.5 Å². The number of thiazole rings is 1. The molecule has 186 valence electrons. The third-order valence-electron chi connectivity index (χ3n) is 5.36. The molecular weight excluding hydrogens is 738 g/mol. The molecule has 12 heteroatoms. The SMILES string of the molecule is COc1cc2ncnc(Cl)c2cc1I.COc1cc2ncnc(Nc3ccc4scnc4c3)c2cc1I. The fourth-order valence-electron chi connectivity index (χ4n) is 3.57. The zero-order valence-electron chi connectivity index (χ0n) is 19.4. The molecule has 0 aliphatic rings. The maximum atomic E-state index is 5.93. The summed E-state index contributed by atoms with van der Waals surface area (Å²) >= 11 is 12.0. The maximum absolute atomic E-state index is 5.93. The van der Waals surface area contributed by atoms with Crippen molar-refractivity contribution in [3.63, 3.8) is 0 Å². The summed E-state index contributed by atoms with van der Waals surface area (Å²) in [5.41, 5.74) is 5.42. The van der Waals surface area contributed by atoms with Crippen LogP contribution >= 0.6 is 68.1 Å². The number of benzene rings is 3. The Kier molecular flexibility index (Phi) is 8.02. The van der Waals surface area contributed by atoms with E-state index in [-0.39, 0.29) is 0 Å². The number of fused-ring (bicyclic) bond motifs is 3. The number of halogens is 3. The number of rotatable bonds is 4. The highest BCUT2D eigenvalue weighted by Gasteiger charge is 2.10. The molecule has 0 saturated carbocycles. The molecule has 0 atom stereocenters. The molecule has 0 unspecified atom stereocenters. The van der Waals surface area contributed by atoms with Gasteiger partial charge in [-0.1, -0.05) is 11.6 Å². The van der Waals surface area contributed by atoms with E-state index in [1.807, 2.05) is 41.9 Å². The summed E-state index contributed by atoms with van der Waals surface area (Å²) in [6, 6.07) is 13.8. The molecule has 0 aliphatic heterocycles. The van der Waals surface area contributed by atoms with Gasteiger partial charge in [-0.2, -0.15) is 0 Å². The maximum Gasteiger partial charge on any atom is 0.141 e. The fraction of sp³-hybridized carbons (Fsp3) is 0.0800. The van der Waals surface area contributed by atoms with Crippen LogP contribution in [0.25, 0.3) is 32.0 Å². The van der Waals surface area contributed by atoms with Gasteiger partial charge in [0, 0.05) is 28.6 Å². The van der Waals surface area contributed by atoms with E-state index in [0.29, 0.717) is 5.15 Å². The summed E-state index contributed by atoms with van der Waals surface area (Å²) in [6.07, 6.45) is 3.00. The topological polar surface area (TPSA) is 94.9 Å². The number of nitrogens with one attached hydrogen (secondary N) is 1. The number of nitrogens with zero attached hydrogens (tertiary/aromatic N) is 5. The van der Waals surface area contributed by atoms with E-state index in [1.165, 1.54) is 11.0 Å². The highest BCUT2D eigenvalue weighted by atomic mass is 127. The monoisotopic (exact) mass is 754 g/mol. The van der Waals surface area contributed by atoms with Crippen LogP contribution in [0, 0.1) is 7.14 Å². The van der Waals surface area contributed by atoms with Gasteiger partial charge in [-0.3, -0.25) is 0 Å². The number of anilines is 2. The molecule has 0 saturated heterocycles. The second-order valence-corrected chi connectivity index (χ2v) is 11.1. The molecule has 0 amide bonds. The minimum atomic E-state index is 0.468. The van der Waals surface area contributed by atoms with Crippen LogP contribution in [-0.2, 0) is 0 Å². The quantitative estimate of drug-likeness (QED) is 0.146. The van der Waals surface area contributed by atoms with E-state index >= 15 is 0 Å². The van der Waals surface area contributed by atoms with E-state index in [9.17, 15) is 0 Å². The molecule has 0 spiro atoms. The van der Waals surface area contributed by atoms with Gasteiger partial charge in [0.25, 0.3) is 0 Å². The standard InChI is InChI=1S/C16H11IN4OS.C9H6ClIN2O/c1-22-14-6-12-10(5-11(14)17)16(19-7-18-12)21-9-2-3-15-13(4-9)20-8-23-15;1-14-8-3-7-5(2-6(8)11)9(10)13-4-12-7/h2-8H,1H3,(H,18,19,21);2-4H,1H3. The van der Waals surface area contributed by atoms with E-state index in [0.717, 1.165) is 57.5 Å². The van der Waals surface area contributed by atoms with Crippen molar-refractivity contribution in [1.29, 1.82) is 0 Å². The summed E-state index contributed by atoms with van der Waals surface area (Å²) in [4.78, 5) is 21.1. The molecule has 6 rings (SSSR count). The Balaban J connectivity index is 0.000000171. The number of hydrogen-bond donors (Lipinski definition) is 1. The first-order valence-corrected chi connectivity index (χ1v) is 14.1. The van der Waals surface area contributed by atoms with Gasteiger partial charge in [-0.05, 0) is 75.5 Å². The van der Waals surface area contributed by atoms with Crippen molar-refractivity contribution in [2.24, 2.45) is 0 Å². The van der Waals surface area contributed by atoms with Gasteiger partial charge in [0.05, 0.1) is 48.1 Å². The van der Waals surface area contributed by atoms with Crippen LogP contribution in [0.3, 0.4) is 0 Å². The van der Waals surface area contributed by atoms with Crippen molar-refractivity contribution in [3.05, 3.63) is 72.9 Å². The van der Waals surface area contributed by atoms with Gasteiger partial charge in [-0.25, -0.2) is 24.9 Å². The minimum absolute atomic E-state index is 0.468. The van der Waals surface area contributed by atoms with Crippen molar-refractivity contribution >= 4 is 112 Å². The van der Waals surface area contributed by atoms with Crippen molar-refractivity contribution < 1.29 is 9.47 Å². The largest absolute Gasteiger partial charge is 0.496 e. The van der Waals surface area contributed by atoms with Crippen LogP contribution < -0.4 is 14.8 Å². The molecule has 0 radical (unpaired) electrons. The lowest BCUT2D eigenvalue weighted by atomic mass is 10.2. The Morgan fingerprint density at radius 3 is 2.11 bits per heavy atom. The summed E-state index contributed by atoms with van der Waals surface area (Å²) < 4.78 is 13.7. The molecule has 1 N–H and O–H groups in total. The zero-order valence-corrected chi connectivity index (χ0v) is 25.3. The van der Waals surface area contributed by atoms with Gasteiger partial charge in [0.2, 0.25) is 0 Å². The normalized spacial score (nSPS) is 10.8. The first-order chi connectivity index (χ1) is 18.0. The molecule has 0 bridgehead atoms. The fourth-order valence-corrected chi connectivity index (χ4v) is 5.80. The van der Waals surface area contributed by atoms with Gasteiger partial charge >= 0.3 is 0 Å². The predicted octanol–water partition coefficient (Wildman–Crippen LogP) is 7.49. The van der Waals surface area contributed by atoms with Crippen molar-refractivity contribution in [2.45, 2.75) is 0 Å². The lowest BCUT2D eigenvalue weighted by molar-refractivity contribution is 0.412. The Bertz CT molecular complexity index is 1750. The smallest absolute Gasteiger partial charge is 0.141 e. The average Bonchev–Trinajstić information content (AvgIpc) is 3.37. The van der Waals surface area contributed by atoms with Crippen LogP contribution in [0.4, 0.5) is 11.5 Å². The van der Waals surface area contributed by atoms with E-state index < -0.39 is 0 Å². The molecule has 0 fully saturated rings. The number of hydrogen-bond acceptors (Lipinski definition) is 9. The molecular formula is C25H17ClI2N6O2S. The van der Waals surface area contributed by atoms with Crippen LogP contribution in [0.15, 0.2) is 60.6 Å². The molecule has 3 aromatic carbocycles. The first kappa shape index (κ1) is 26.0. The zero-order chi connectivity index (χ0) is 25.9. The average molecular weight is 755 g/mol. The Morgan fingerprint density at radius 2 is 1.41 bits per heavy atom. The Labute approximate surface area is 248 Å². The third kappa shape index (κ3) is 5.63. The summed E-state index contributed by atoms with van der Waals surface area (Å²) in [6.45, 7) is 0. The van der Waals surface area contributed by atoms with Crippen LogP contribution in [-0.4, -0.2) is 39.1 Å². The molecule has 3 aromatic heterocycles. The first-order valence-electron chi connectivity index (χ1n) is 10.7. The summed E-state index contributed by atoms with van der Waals surface area (Å²) in [7, 11) is 3.29. The Hall–Kier alpha value is -2.62. The molecule has 3 heterocycles. The van der Waals surface area contributed by atoms with Crippen molar-refractivity contribution in [3.8, 4) is 11.5 Å². The van der Waals surface area contributed by atoms with Gasteiger partial charge < -0.3 is 14.8 Å². The third-order valence-corrected chi connectivity index (χ3v) is 8.16. The second kappa shape index (κ2) is 11.4. The highest BCUT2D eigenvalue weighted by Crippen LogP contribution is 2.31. The molecule has 6 aromatic rings. The lowest BCUT2D eigenvalue weighted by Crippen LogP contribution is -1.97. The van der Waals surface area contributed by atoms with E-state index in [1.54, 1.807) is 31.9 Å². The van der Waals surface area contributed by atoms with Gasteiger partial charge in [-0.15, -0.1) is 11.3 Å². The number of ether oxygens (including phenoxy) is 2. The van der Waals surface area contributed by atoms with Gasteiger partial charge in [0.15, 0.2) is 0 Å². The molecule has 8 nitrogen and oxygen atoms in total. The summed E-state index contributed by atoms with van der Waals surface area (Å²) in [5.74, 6) is 2.38. The van der Waals surface area contributed by atoms with Crippen LogP contribution in [0.2, 0.25) is 5.15 Å². The Morgan fingerprint density at radius 1 is 0.757 bits per heavy atom. The summed E-state index contributed by atoms with van der Waals surface area (Å²) in [5, 5.41) is 5.63. The number of methoxy groups -OCH3 is 2. The second-order valence-electron chi connectivity index (χ2n) is 7.55. The van der Waals surface area contributed by atoms with E-state index in [4.69, 9.17) is 21.1 Å². The van der Waals surface area contributed by atoms with E-state index in [2.05, 4.69) is 81.5 Å². The van der Waals surface area contributed by atoms with Crippen LogP contribution in [0.1, 0.15) is 0 Å². The lowest BCUT2D eigenvalue weighted by Gasteiger charge is -2.10. The molecule has 0 aliphatic carbocycles. The van der Waals surface area contributed by atoms with Gasteiger partial charge in [0.1, 0.15) is 35.1 Å². The van der Waals surface area contributed by atoms with Crippen molar-refractivity contribution in [2.75, 3.05) is 19.5 Å². The van der Waals surface area contributed by atoms with Crippen molar-refractivity contribution in [1.82, 2.24) is 24.9 Å². The predicted molar refractivity (Wildman–Crippen MR) is 166 cm³/mol.